The molecule has 3 fully saturated rings. The fourth-order valence-electron chi connectivity index (χ4n) is 6.28. The van der Waals surface area contributed by atoms with Crippen molar-refractivity contribution in [1.29, 1.82) is 0 Å². The standard InChI is InChI=1S/C28H26F9N5O/c1-42-21(19-4-2-3-5-20(19)28(35,36)37)40-41-22(42)25-9-6-24(7-10-25,8-11-25)15-38-23(43)39-18-13-16(26(29,30)31)12-17(14-18)27(32,33)34/h2-5,12-14H,6-11,15H2,1H3,(H2,38,39,43). The van der Waals surface area contributed by atoms with E-state index < -0.39 is 52.4 Å². The Morgan fingerprint density at radius 3 is 1.91 bits per heavy atom. The summed E-state index contributed by atoms with van der Waals surface area (Å²) in [5, 5.41) is 13.1. The molecule has 0 aliphatic heterocycles. The van der Waals surface area contributed by atoms with Crippen molar-refractivity contribution in [3.63, 3.8) is 0 Å². The number of hydrogen-bond acceptors (Lipinski definition) is 3. The Kier molecular flexibility index (Phi) is 7.45. The number of aromatic nitrogens is 3. The highest BCUT2D eigenvalue weighted by Gasteiger charge is 2.51. The van der Waals surface area contributed by atoms with E-state index in [-0.39, 0.29) is 29.4 Å². The fourth-order valence-corrected chi connectivity index (χ4v) is 6.28. The summed E-state index contributed by atoms with van der Waals surface area (Å²) >= 11 is 0. The van der Waals surface area contributed by atoms with Gasteiger partial charge in [-0.25, -0.2) is 4.79 Å². The highest BCUT2D eigenvalue weighted by atomic mass is 19.4. The number of halogens is 9. The Balaban J connectivity index is 1.26. The highest BCUT2D eigenvalue weighted by molar-refractivity contribution is 5.89. The van der Waals surface area contributed by atoms with Crippen LogP contribution < -0.4 is 10.6 Å². The van der Waals surface area contributed by atoms with Gasteiger partial charge >= 0.3 is 24.6 Å². The van der Waals surface area contributed by atoms with Gasteiger partial charge in [-0.05, 0) is 68.2 Å². The minimum atomic E-state index is -5.05. The van der Waals surface area contributed by atoms with Gasteiger partial charge in [0.15, 0.2) is 5.82 Å². The lowest BCUT2D eigenvalue weighted by Gasteiger charge is -2.52. The van der Waals surface area contributed by atoms with Gasteiger partial charge in [-0.1, -0.05) is 18.2 Å². The Hall–Kier alpha value is -3.78. The highest BCUT2D eigenvalue weighted by Crippen LogP contribution is 2.57. The zero-order chi connectivity index (χ0) is 31.4. The second-order valence-corrected chi connectivity index (χ2v) is 11.3. The maximum atomic E-state index is 13.6. The first-order valence-electron chi connectivity index (χ1n) is 13.3. The van der Waals surface area contributed by atoms with Crippen LogP contribution in [0.3, 0.4) is 0 Å². The summed E-state index contributed by atoms with van der Waals surface area (Å²) in [6.45, 7) is 0.142. The number of fused-ring (bicyclic) bond motifs is 3. The molecule has 232 valence electrons. The molecular formula is C28H26F9N5O. The number of hydrogen-bond donors (Lipinski definition) is 2. The molecule has 1 heterocycles. The van der Waals surface area contributed by atoms with Crippen molar-refractivity contribution in [3.05, 3.63) is 65.0 Å². The first kappa shape index (κ1) is 30.7. The summed E-state index contributed by atoms with van der Waals surface area (Å²) in [7, 11) is 1.63. The number of rotatable bonds is 5. The van der Waals surface area contributed by atoms with Gasteiger partial charge in [0.25, 0.3) is 0 Å². The molecule has 0 spiro atoms. The molecule has 2 amide bonds. The van der Waals surface area contributed by atoms with Crippen LogP contribution in [0.15, 0.2) is 42.5 Å². The molecule has 3 aromatic rings. The Labute approximate surface area is 239 Å². The third-order valence-electron chi connectivity index (χ3n) is 8.69. The number of carbonyl (C=O) groups excluding carboxylic acids is 1. The van der Waals surface area contributed by atoms with Crippen LogP contribution in [0.1, 0.15) is 61.0 Å². The lowest BCUT2D eigenvalue weighted by Crippen LogP contribution is -2.50. The third kappa shape index (κ3) is 6.03. The summed E-state index contributed by atoms with van der Waals surface area (Å²) < 4.78 is 121. The van der Waals surface area contributed by atoms with E-state index in [1.165, 1.54) is 18.2 Å². The van der Waals surface area contributed by atoms with E-state index >= 15 is 0 Å². The van der Waals surface area contributed by atoms with Gasteiger partial charge in [0, 0.05) is 30.3 Å². The molecule has 43 heavy (non-hydrogen) atoms. The number of benzene rings is 2. The van der Waals surface area contributed by atoms with Crippen LogP contribution in [-0.4, -0.2) is 27.3 Å². The molecule has 2 N–H and O–H groups in total. The van der Waals surface area contributed by atoms with E-state index in [0.29, 0.717) is 56.5 Å². The average molecular weight is 620 g/mol. The molecular weight excluding hydrogens is 593 g/mol. The van der Waals surface area contributed by atoms with Crippen LogP contribution in [0.2, 0.25) is 0 Å². The van der Waals surface area contributed by atoms with Gasteiger partial charge in [-0.3, -0.25) is 0 Å². The molecule has 0 radical (unpaired) electrons. The number of amides is 2. The Morgan fingerprint density at radius 2 is 1.37 bits per heavy atom. The molecule has 3 saturated carbocycles. The summed E-state index contributed by atoms with van der Waals surface area (Å²) in [5.74, 6) is 0.671. The maximum absolute atomic E-state index is 13.6. The summed E-state index contributed by atoms with van der Waals surface area (Å²) in [5.41, 5.74) is -5.40. The number of alkyl halides is 9. The quantitative estimate of drug-likeness (QED) is 0.285. The average Bonchev–Trinajstić information content (AvgIpc) is 3.33. The second-order valence-electron chi connectivity index (χ2n) is 11.3. The normalized spacial score (nSPS) is 22.5. The van der Waals surface area contributed by atoms with Crippen molar-refractivity contribution in [2.45, 2.75) is 62.5 Å². The predicted octanol–water partition coefficient (Wildman–Crippen LogP) is 7.95. The number of anilines is 1. The monoisotopic (exact) mass is 619 g/mol. The van der Waals surface area contributed by atoms with Crippen molar-refractivity contribution < 1.29 is 44.3 Å². The van der Waals surface area contributed by atoms with Crippen molar-refractivity contribution in [1.82, 2.24) is 20.1 Å². The molecule has 1 aromatic heterocycles. The first-order valence-corrected chi connectivity index (χ1v) is 13.3. The summed E-state index contributed by atoms with van der Waals surface area (Å²) in [4.78, 5) is 12.5. The molecule has 3 aliphatic rings. The molecule has 15 heteroatoms. The van der Waals surface area contributed by atoms with Crippen LogP contribution >= 0.6 is 0 Å². The van der Waals surface area contributed by atoms with Crippen LogP contribution in [0.25, 0.3) is 11.4 Å². The predicted molar refractivity (Wildman–Crippen MR) is 137 cm³/mol. The Bertz CT molecular complexity index is 1470. The largest absolute Gasteiger partial charge is 0.417 e. The lowest BCUT2D eigenvalue weighted by molar-refractivity contribution is -0.143. The molecule has 0 atom stereocenters. The van der Waals surface area contributed by atoms with Crippen LogP contribution in [0.4, 0.5) is 50.0 Å². The molecule has 2 bridgehead atoms. The zero-order valence-electron chi connectivity index (χ0n) is 22.6. The van der Waals surface area contributed by atoms with E-state index in [0.717, 1.165) is 6.07 Å². The van der Waals surface area contributed by atoms with E-state index in [1.807, 2.05) is 0 Å². The van der Waals surface area contributed by atoms with Crippen molar-refractivity contribution in [2.75, 3.05) is 11.9 Å². The van der Waals surface area contributed by atoms with Gasteiger partial charge in [0.05, 0.1) is 16.7 Å². The molecule has 0 saturated heterocycles. The molecule has 0 unspecified atom stereocenters. The number of nitrogens with one attached hydrogen (secondary N) is 2. The van der Waals surface area contributed by atoms with Crippen molar-refractivity contribution >= 4 is 11.7 Å². The van der Waals surface area contributed by atoms with E-state index in [9.17, 15) is 44.3 Å². The molecule has 6 rings (SSSR count). The van der Waals surface area contributed by atoms with Gasteiger partial charge < -0.3 is 15.2 Å². The van der Waals surface area contributed by atoms with Crippen LogP contribution in [0, 0.1) is 5.41 Å². The van der Waals surface area contributed by atoms with Crippen LogP contribution in [0.5, 0.6) is 0 Å². The minimum absolute atomic E-state index is 0.0203. The van der Waals surface area contributed by atoms with Gasteiger partial charge in [-0.15, -0.1) is 10.2 Å². The van der Waals surface area contributed by atoms with Crippen molar-refractivity contribution in [2.24, 2.45) is 12.5 Å². The zero-order valence-corrected chi connectivity index (χ0v) is 22.6. The fraction of sp³-hybridized carbons (Fsp3) is 0.464. The first-order chi connectivity index (χ1) is 19.9. The second kappa shape index (κ2) is 10.4. The summed E-state index contributed by atoms with van der Waals surface area (Å²) in [6, 6.07) is 5.05. The molecule has 2 aromatic carbocycles. The smallest absolute Gasteiger partial charge is 0.337 e. The van der Waals surface area contributed by atoms with E-state index in [4.69, 9.17) is 0 Å². The van der Waals surface area contributed by atoms with Gasteiger partial charge in [-0.2, -0.15) is 39.5 Å². The SMILES string of the molecule is Cn1c(-c2ccccc2C(F)(F)F)nnc1C12CCC(CNC(=O)Nc3cc(C(F)(F)F)cc(C(F)(F)F)c3)(CC1)CC2. The Morgan fingerprint density at radius 1 is 0.814 bits per heavy atom. The topological polar surface area (TPSA) is 71.8 Å². The number of carbonyl (C=O) groups is 1. The van der Waals surface area contributed by atoms with Crippen LogP contribution in [-0.2, 0) is 31.0 Å². The van der Waals surface area contributed by atoms with E-state index in [2.05, 4.69) is 20.8 Å². The lowest BCUT2D eigenvalue weighted by atomic mass is 9.53. The maximum Gasteiger partial charge on any atom is 0.417 e. The summed E-state index contributed by atoms with van der Waals surface area (Å²) in [6.07, 6.45) is -11.0. The van der Waals surface area contributed by atoms with Gasteiger partial charge in [0.2, 0.25) is 0 Å². The van der Waals surface area contributed by atoms with Gasteiger partial charge in [0.1, 0.15) is 5.82 Å². The third-order valence-corrected chi connectivity index (χ3v) is 8.69. The number of nitrogens with zero attached hydrogens (tertiary/aromatic N) is 3. The van der Waals surface area contributed by atoms with E-state index in [1.54, 1.807) is 11.6 Å². The minimum Gasteiger partial charge on any atom is -0.337 e. The molecule has 3 aliphatic carbocycles. The number of urea groups is 1. The van der Waals surface area contributed by atoms with Crippen molar-refractivity contribution in [3.8, 4) is 11.4 Å². The molecule has 6 nitrogen and oxygen atoms in total.